The van der Waals surface area contributed by atoms with Gasteiger partial charge in [-0.05, 0) is 43.4 Å². The van der Waals surface area contributed by atoms with Crippen LogP contribution in [0.25, 0.3) is 0 Å². The van der Waals surface area contributed by atoms with Crippen molar-refractivity contribution < 1.29 is 5.11 Å². The Labute approximate surface area is 99.5 Å². The van der Waals surface area contributed by atoms with Gasteiger partial charge in [0.05, 0.1) is 5.60 Å². The van der Waals surface area contributed by atoms with Crippen LogP contribution in [-0.4, -0.2) is 10.7 Å². The third-order valence-corrected chi connectivity index (χ3v) is 3.85. The largest absolute Gasteiger partial charge is 0.390 e. The van der Waals surface area contributed by atoms with Crippen LogP contribution in [-0.2, 0) is 6.42 Å². The first-order valence-corrected chi connectivity index (χ1v) is 6.16. The minimum absolute atomic E-state index is 0.325. The molecule has 1 rings (SSSR count). The molecule has 0 radical (unpaired) electrons. The van der Waals surface area contributed by atoms with Crippen molar-refractivity contribution in [2.45, 2.75) is 53.1 Å². The first-order chi connectivity index (χ1) is 7.38. The fourth-order valence-electron chi connectivity index (χ4n) is 2.10. The van der Waals surface area contributed by atoms with Crippen LogP contribution in [0.4, 0.5) is 0 Å². The molecular formula is C15H24O. The molecule has 0 bridgehead atoms. The minimum Gasteiger partial charge on any atom is -0.390 e. The lowest BCUT2D eigenvalue weighted by Gasteiger charge is -2.31. The molecule has 0 aliphatic rings. The molecule has 1 aromatic carbocycles. The summed E-state index contributed by atoms with van der Waals surface area (Å²) in [5.74, 6) is 0.325. The SMILES string of the molecule is CCC(C)C(C)(O)Cc1c(C)cccc1C. The van der Waals surface area contributed by atoms with Crippen molar-refractivity contribution in [3.05, 3.63) is 34.9 Å². The highest BCUT2D eigenvalue weighted by Crippen LogP contribution is 2.27. The highest BCUT2D eigenvalue weighted by atomic mass is 16.3. The Bertz CT molecular complexity index is 332. The summed E-state index contributed by atoms with van der Waals surface area (Å²) < 4.78 is 0. The van der Waals surface area contributed by atoms with Gasteiger partial charge in [-0.15, -0.1) is 0 Å². The van der Waals surface area contributed by atoms with Gasteiger partial charge in [0.25, 0.3) is 0 Å². The molecule has 1 N–H and O–H groups in total. The Balaban J connectivity index is 2.96. The molecule has 2 atom stereocenters. The summed E-state index contributed by atoms with van der Waals surface area (Å²) in [5.41, 5.74) is 3.26. The lowest BCUT2D eigenvalue weighted by atomic mass is 9.81. The average Bonchev–Trinajstić information content (AvgIpc) is 2.22. The van der Waals surface area contributed by atoms with E-state index in [9.17, 15) is 5.11 Å². The Morgan fingerprint density at radius 1 is 1.25 bits per heavy atom. The van der Waals surface area contributed by atoms with E-state index >= 15 is 0 Å². The first kappa shape index (κ1) is 13.2. The van der Waals surface area contributed by atoms with E-state index in [1.807, 2.05) is 6.92 Å². The zero-order valence-corrected chi connectivity index (χ0v) is 11.2. The van der Waals surface area contributed by atoms with E-state index in [1.54, 1.807) is 0 Å². The Kier molecular flexibility index (Phi) is 4.15. The van der Waals surface area contributed by atoms with Crippen LogP contribution in [0.15, 0.2) is 18.2 Å². The number of aryl methyl sites for hydroxylation is 2. The van der Waals surface area contributed by atoms with Crippen LogP contribution >= 0.6 is 0 Å². The summed E-state index contributed by atoms with van der Waals surface area (Å²) in [5, 5.41) is 10.5. The molecule has 0 amide bonds. The molecule has 1 nitrogen and oxygen atoms in total. The van der Waals surface area contributed by atoms with Gasteiger partial charge in [0.1, 0.15) is 0 Å². The fraction of sp³-hybridized carbons (Fsp3) is 0.600. The zero-order valence-electron chi connectivity index (χ0n) is 11.2. The molecule has 0 spiro atoms. The topological polar surface area (TPSA) is 20.2 Å². The molecule has 1 aromatic rings. The number of hydrogen-bond donors (Lipinski definition) is 1. The van der Waals surface area contributed by atoms with Crippen molar-refractivity contribution in [1.82, 2.24) is 0 Å². The Hall–Kier alpha value is -0.820. The summed E-state index contributed by atoms with van der Waals surface area (Å²) in [6, 6.07) is 6.32. The minimum atomic E-state index is -0.606. The summed E-state index contributed by atoms with van der Waals surface area (Å²) in [6.07, 6.45) is 1.76. The quantitative estimate of drug-likeness (QED) is 0.821. The van der Waals surface area contributed by atoms with Crippen molar-refractivity contribution in [2.75, 3.05) is 0 Å². The molecular weight excluding hydrogens is 196 g/mol. The maximum atomic E-state index is 10.5. The van der Waals surface area contributed by atoms with Gasteiger partial charge in [-0.2, -0.15) is 0 Å². The number of aliphatic hydroxyl groups is 1. The van der Waals surface area contributed by atoms with Crippen molar-refractivity contribution in [1.29, 1.82) is 0 Å². The number of benzene rings is 1. The second-order valence-corrected chi connectivity index (χ2v) is 5.21. The lowest BCUT2D eigenvalue weighted by Crippen LogP contribution is -2.35. The van der Waals surface area contributed by atoms with E-state index in [4.69, 9.17) is 0 Å². The van der Waals surface area contributed by atoms with Gasteiger partial charge in [0.15, 0.2) is 0 Å². The van der Waals surface area contributed by atoms with E-state index in [-0.39, 0.29) is 0 Å². The predicted octanol–water partition coefficient (Wildman–Crippen LogP) is 3.64. The molecule has 0 saturated heterocycles. The molecule has 2 unspecified atom stereocenters. The fourth-order valence-corrected chi connectivity index (χ4v) is 2.10. The van der Waals surface area contributed by atoms with Gasteiger partial charge in [0.2, 0.25) is 0 Å². The zero-order chi connectivity index (χ0) is 12.3. The van der Waals surface area contributed by atoms with Gasteiger partial charge in [-0.1, -0.05) is 38.5 Å². The highest BCUT2D eigenvalue weighted by molar-refractivity contribution is 5.34. The second-order valence-electron chi connectivity index (χ2n) is 5.21. The van der Waals surface area contributed by atoms with Crippen molar-refractivity contribution in [3.8, 4) is 0 Å². The van der Waals surface area contributed by atoms with Gasteiger partial charge < -0.3 is 5.11 Å². The molecule has 0 fully saturated rings. The average molecular weight is 220 g/mol. The lowest BCUT2D eigenvalue weighted by molar-refractivity contribution is 0.00491. The molecule has 16 heavy (non-hydrogen) atoms. The predicted molar refractivity (Wildman–Crippen MR) is 69.7 cm³/mol. The third kappa shape index (κ3) is 2.85. The van der Waals surface area contributed by atoms with Crippen molar-refractivity contribution >= 4 is 0 Å². The third-order valence-electron chi connectivity index (χ3n) is 3.85. The summed E-state index contributed by atoms with van der Waals surface area (Å²) in [6.45, 7) is 10.4. The van der Waals surface area contributed by atoms with Gasteiger partial charge >= 0.3 is 0 Å². The summed E-state index contributed by atoms with van der Waals surface area (Å²) in [4.78, 5) is 0. The Morgan fingerprint density at radius 3 is 2.19 bits per heavy atom. The van der Waals surface area contributed by atoms with Gasteiger partial charge in [-0.25, -0.2) is 0 Å². The van der Waals surface area contributed by atoms with E-state index in [0.29, 0.717) is 5.92 Å². The van der Waals surface area contributed by atoms with Gasteiger partial charge in [-0.3, -0.25) is 0 Å². The number of hydrogen-bond acceptors (Lipinski definition) is 1. The van der Waals surface area contributed by atoms with Crippen molar-refractivity contribution in [3.63, 3.8) is 0 Å². The molecule has 0 saturated carbocycles. The van der Waals surface area contributed by atoms with E-state index in [0.717, 1.165) is 12.8 Å². The maximum Gasteiger partial charge on any atom is 0.0685 e. The second kappa shape index (κ2) is 5.01. The maximum absolute atomic E-state index is 10.5. The Morgan fingerprint density at radius 2 is 1.75 bits per heavy atom. The standard InChI is InChI=1S/C15H24O/c1-6-13(4)15(5,16)10-14-11(2)8-7-9-12(14)3/h7-9,13,16H,6,10H2,1-5H3. The van der Waals surface area contributed by atoms with Crippen LogP contribution in [0.3, 0.4) is 0 Å². The smallest absolute Gasteiger partial charge is 0.0685 e. The monoisotopic (exact) mass is 220 g/mol. The highest BCUT2D eigenvalue weighted by Gasteiger charge is 2.28. The van der Waals surface area contributed by atoms with E-state index < -0.39 is 5.60 Å². The van der Waals surface area contributed by atoms with Crippen molar-refractivity contribution in [2.24, 2.45) is 5.92 Å². The molecule has 1 heteroatoms. The van der Waals surface area contributed by atoms with Crippen LogP contribution in [0.1, 0.15) is 43.9 Å². The molecule has 0 aromatic heterocycles. The van der Waals surface area contributed by atoms with E-state index in [2.05, 4.69) is 45.9 Å². The summed E-state index contributed by atoms with van der Waals surface area (Å²) >= 11 is 0. The molecule has 90 valence electrons. The first-order valence-electron chi connectivity index (χ1n) is 6.16. The van der Waals surface area contributed by atoms with Gasteiger partial charge in [0, 0.05) is 6.42 Å². The molecule has 0 aliphatic heterocycles. The molecule has 0 aliphatic carbocycles. The van der Waals surface area contributed by atoms with Crippen LogP contribution in [0.2, 0.25) is 0 Å². The number of rotatable bonds is 4. The molecule has 0 heterocycles. The normalized spacial score (nSPS) is 16.9. The van der Waals surface area contributed by atoms with Crippen LogP contribution < -0.4 is 0 Å². The summed E-state index contributed by atoms with van der Waals surface area (Å²) in [7, 11) is 0. The van der Waals surface area contributed by atoms with Crippen LogP contribution in [0.5, 0.6) is 0 Å². The van der Waals surface area contributed by atoms with Crippen LogP contribution in [0, 0.1) is 19.8 Å². The van der Waals surface area contributed by atoms with E-state index in [1.165, 1.54) is 16.7 Å².